The quantitative estimate of drug-likeness (QED) is 0.928. The lowest BCUT2D eigenvalue weighted by Crippen LogP contribution is -2.08. The molecular weight excluding hydrogens is 296 g/mol. The second-order valence-corrected chi connectivity index (χ2v) is 6.25. The summed E-state index contributed by atoms with van der Waals surface area (Å²) in [6, 6.07) is 9.88. The van der Waals surface area contributed by atoms with Crippen molar-refractivity contribution < 1.29 is 0 Å². The van der Waals surface area contributed by atoms with E-state index in [1.807, 2.05) is 24.3 Å². The van der Waals surface area contributed by atoms with Crippen LogP contribution < -0.4 is 5.73 Å². The fourth-order valence-corrected chi connectivity index (χ4v) is 3.37. The smallest absolute Gasteiger partial charge is 0.140 e. The van der Waals surface area contributed by atoms with Crippen molar-refractivity contribution in [1.82, 2.24) is 9.78 Å². The predicted molar refractivity (Wildman–Crippen MR) is 87.7 cm³/mol. The van der Waals surface area contributed by atoms with Crippen LogP contribution in [-0.2, 0) is 6.54 Å². The normalized spacial score (nSPS) is 15.6. The molecule has 5 heteroatoms. The van der Waals surface area contributed by atoms with Crippen LogP contribution in [0.15, 0.2) is 24.3 Å². The number of benzene rings is 1. The van der Waals surface area contributed by atoms with Crippen LogP contribution in [0.1, 0.15) is 54.8 Å². The molecule has 0 bridgehead atoms. The minimum absolute atomic E-state index is 0.359. The molecule has 1 aliphatic carbocycles. The van der Waals surface area contributed by atoms with E-state index in [2.05, 4.69) is 11.2 Å². The van der Waals surface area contributed by atoms with E-state index in [4.69, 9.17) is 17.3 Å². The standard InChI is InChI=1S/C17H19ClN4/c18-15-9-5-4-8-13(15)11-22-17(20)14(10-19)16(21-22)12-6-2-1-3-7-12/h4-5,8-9,12H,1-3,6-7,11,20H2. The Balaban J connectivity index is 1.94. The molecule has 1 saturated carbocycles. The molecule has 0 radical (unpaired) electrons. The van der Waals surface area contributed by atoms with Crippen LogP contribution in [0.5, 0.6) is 0 Å². The molecule has 3 rings (SSSR count). The number of nitrogen functional groups attached to an aromatic ring is 1. The molecule has 22 heavy (non-hydrogen) atoms. The second kappa shape index (κ2) is 6.41. The van der Waals surface area contributed by atoms with Crippen LogP contribution in [0, 0.1) is 11.3 Å². The first-order chi connectivity index (χ1) is 10.7. The van der Waals surface area contributed by atoms with Crippen molar-refractivity contribution in [3.63, 3.8) is 0 Å². The monoisotopic (exact) mass is 314 g/mol. The first kappa shape index (κ1) is 14.9. The highest BCUT2D eigenvalue weighted by Crippen LogP contribution is 2.35. The Hall–Kier alpha value is -1.99. The van der Waals surface area contributed by atoms with Gasteiger partial charge >= 0.3 is 0 Å². The number of halogens is 1. The maximum Gasteiger partial charge on any atom is 0.140 e. The van der Waals surface area contributed by atoms with Gasteiger partial charge in [0.1, 0.15) is 17.5 Å². The van der Waals surface area contributed by atoms with Crippen LogP contribution in [-0.4, -0.2) is 9.78 Å². The van der Waals surface area contributed by atoms with Gasteiger partial charge in [0.15, 0.2) is 0 Å². The number of aromatic nitrogens is 2. The van der Waals surface area contributed by atoms with Gasteiger partial charge < -0.3 is 5.73 Å². The molecule has 0 aliphatic heterocycles. The van der Waals surface area contributed by atoms with Crippen molar-refractivity contribution in [2.24, 2.45) is 0 Å². The average molecular weight is 315 g/mol. The summed E-state index contributed by atoms with van der Waals surface area (Å²) in [6.07, 6.45) is 5.86. The van der Waals surface area contributed by atoms with E-state index in [0.29, 0.717) is 28.9 Å². The van der Waals surface area contributed by atoms with E-state index in [1.165, 1.54) is 19.3 Å². The van der Waals surface area contributed by atoms with Crippen LogP contribution in [0.4, 0.5) is 5.82 Å². The number of nitrogens with two attached hydrogens (primary N) is 1. The topological polar surface area (TPSA) is 67.6 Å². The molecule has 0 atom stereocenters. The van der Waals surface area contributed by atoms with Crippen LogP contribution in [0.25, 0.3) is 0 Å². The molecule has 0 unspecified atom stereocenters. The van der Waals surface area contributed by atoms with E-state index in [1.54, 1.807) is 4.68 Å². The molecule has 0 saturated heterocycles. The third-order valence-electron chi connectivity index (χ3n) is 4.40. The van der Waals surface area contributed by atoms with Gasteiger partial charge in [-0.3, -0.25) is 0 Å². The van der Waals surface area contributed by atoms with Crippen LogP contribution in [0.2, 0.25) is 5.02 Å². The summed E-state index contributed by atoms with van der Waals surface area (Å²) in [6.45, 7) is 0.493. The number of nitrogens with zero attached hydrogens (tertiary/aromatic N) is 3. The summed E-state index contributed by atoms with van der Waals surface area (Å²) in [7, 11) is 0. The van der Waals surface area contributed by atoms with E-state index in [9.17, 15) is 5.26 Å². The highest BCUT2D eigenvalue weighted by molar-refractivity contribution is 6.31. The van der Waals surface area contributed by atoms with Gasteiger partial charge in [0, 0.05) is 10.9 Å². The Morgan fingerprint density at radius 1 is 1.27 bits per heavy atom. The Bertz CT molecular complexity index is 708. The number of nitriles is 1. The zero-order valence-electron chi connectivity index (χ0n) is 12.4. The largest absolute Gasteiger partial charge is 0.383 e. The molecule has 2 aromatic rings. The Kier molecular flexibility index (Phi) is 4.35. The van der Waals surface area contributed by atoms with Gasteiger partial charge in [0.25, 0.3) is 0 Å². The third kappa shape index (κ3) is 2.82. The van der Waals surface area contributed by atoms with Gasteiger partial charge in [-0.2, -0.15) is 10.4 Å². The van der Waals surface area contributed by atoms with Gasteiger partial charge in [-0.25, -0.2) is 4.68 Å². The molecule has 114 valence electrons. The van der Waals surface area contributed by atoms with Gasteiger partial charge in [-0.05, 0) is 24.5 Å². The summed E-state index contributed by atoms with van der Waals surface area (Å²) in [5.41, 5.74) is 8.52. The fraction of sp³-hybridized carbons (Fsp3) is 0.412. The molecule has 0 amide bonds. The SMILES string of the molecule is N#Cc1c(C2CCCCC2)nn(Cc2ccccc2Cl)c1N. The molecule has 2 N–H and O–H groups in total. The van der Waals surface area contributed by atoms with Gasteiger partial charge in [-0.15, -0.1) is 0 Å². The van der Waals surface area contributed by atoms with E-state index >= 15 is 0 Å². The minimum Gasteiger partial charge on any atom is -0.383 e. The zero-order valence-corrected chi connectivity index (χ0v) is 13.2. The number of hydrogen-bond donors (Lipinski definition) is 1. The summed E-state index contributed by atoms with van der Waals surface area (Å²) < 4.78 is 1.71. The van der Waals surface area contributed by atoms with Crippen molar-refractivity contribution in [3.05, 3.63) is 46.1 Å². The minimum atomic E-state index is 0.359. The van der Waals surface area contributed by atoms with Crippen molar-refractivity contribution in [2.45, 2.75) is 44.6 Å². The molecule has 4 nitrogen and oxygen atoms in total. The third-order valence-corrected chi connectivity index (χ3v) is 4.77. The Morgan fingerprint density at radius 3 is 2.68 bits per heavy atom. The summed E-state index contributed by atoms with van der Waals surface area (Å²) in [4.78, 5) is 0. The van der Waals surface area contributed by atoms with Crippen molar-refractivity contribution in [3.8, 4) is 6.07 Å². The highest BCUT2D eigenvalue weighted by atomic mass is 35.5. The molecular formula is C17H19ClN4. The van der Waals surface area contributed by atoms with Crippen molar-refractivity contribution in [1.29, 1.82) is 5.26 Å². The van der Waals surface area contributed by atoms with Crippen molar-refractivity contribution in [2.75, 3.05) is 5.73 Å². The molecule has 1 aromatic heterocycles. The second-order valence-electron chi connectivity index (χ2n) is 5.84. The Morgan fingerprint density at radius 2 is 2.00 bits per heavy atom. The number of rotatable bonds is 3. The van der Waals surface area contributed by atoms with Crippen LogP contribution >= 0.6 is 11.6 Å². The van der Waals surface area contributed by atoms with Gasteiger partial charge in [-0.1, -0.05) is 49.1 Å². The lowest BCUT2D eigenvalue weighted by atomic mass is 9.85. The van der Waals surface area contributed by atoms with Gasteiger partial charge in [0.2, 0.25) is 0 Å². The van der Waals surface area contributed by atoms with Crippen molar-refractivity contribution >= 4 is 17.4 Å². The van der Waals surface area contributed by atoms with Crippen LogP contribution in [0.3, 0.4) is 0 Å². The fourth-order valence-electron chi connectivity index (χ4n) is 3.18. The highest BCUT2D eigenvalue weighted by Gasteiger charge is 2.25. The van der Waals surface area contributed by atoms with E-state index in [-0.39, 0.29) is 0 Å². The van der Waals surface area contributed by atoms with E-state index in [0.717, 1.165) is 24.1 Å². The Labute approximate surface area is 135 Å². The van der Waals surface area contributed by atoms with Gasteiger partial charge in [0.05, 0.1) is 12.2 Å². The molecule has 1 aromatic carbocycles. The summed E-state index contributed by atoms with van der Waals surface area (Å²) >= 11 is 6.21. The zero-order chi connectivity index (χ0) is 15.5. The number of hydrogen-bond acceptors (Lipinski definition) is 3. The molecule has 0 spiro atoms. The average Bonchev–Trinajstić information content (AvgIpc) is 2.86. The lowest BCUT2D eigenvalue weighted by Gasteiger charge is -2.19. The summed E-state index contributed by atoms with van der Waals surface area (Å²) in [5, 5.41) is 14.8. The molecule has 1 heterocycles. The predicted octanol–water partition coefficient (Wildman–Crippen LogP) is 4.09. The number of anilines is 1. The summed E-state index contributed by atoms with van der Waals surface area (Å²) in [5.74, 6) is 0.807. The first-order valence-electron chi connectivity index (χ1n) is 7.70. The first-order valence-corrected chi connectivity index (χ1v) is 8.08. The van der Waals surface area contributed by atoms with E-state index < -0.39 is 0 Å². The maximum atomic E-state index is 9.45. The molecule has 1 fully saturated rings. The maximum absolute atomic E-state index is 9.45. The molecule has 1 aliphatic rings. The lowest BCUT2D eigenvalue weighted by molar-refractivity contribution is 0.432.